The minimum Gasteiger partial charge on any atom is -0.351 e. The molecule has 0 aliphatic carbocycles. The Bertz CT molecular complexity index is 1350. The van der Waals surface area contributed by atoms with Gasteiger partial charge in [-0.15, -0.1) is 0 Å². The van der Waals surface area contributed by atoms with E-state index in [1.807, 2.05) is 70.5 Å². The number of rotatable bonds is 6. The fourth-order valence-corrected chi connectivity index (χ4v) is 5.77. The summed E-state index contributed by atoms with van der Waals surface area (Å²) in [5.41, 5.74) is 4.12. The molecular weight excluding hydrogens is 450 g/mol. The zero-order chi connectivity index (χ0) is 24.8. The Morgan fingerprint density at radius 3 is 2.59 bits per heavy atom. The van der Waals surface area contributed by atoms with Gasteiger partial charge < -0.3 is 5.32 Å². The number of anilines is 1. The highest BCUT2D eigenvalue weighted by Gasteiger charge is 2.29. The highest BCUT2D eigenvalue weighted by atomic mass is 32.2. The molecule has 0 unspecified atom stereocenters. The second kappa shape index (κ2) is 8.69. The molecule has 0 saturated heterocycles. The maximum Gasteiger partial charge on any atom is 0.252 e. The van der Waals surface area contributed by atoms with Gasteiger partial charge in [-0.3, -0.25) is 9.10 Å². The Hall–Kier alpha value is -2.94. The summed E-state index contributed by atoms with van der Waals surface area (Å²) in [5, 5.41) is 8.20. The Morgan fingerprint density at radius 1 is 1.21 bits per heavy atom. The summed E-state index contributed by atoms with van der Waals surface area (Å²) in [5.74, 6) is -0.364. The summed E-state index contributed by atoms with van der Waals surface area (Å²) in [6.45, 7) is 12.5. The number of carbonyl (C=O) groups excluding carboxylic acids is 1. The molecule has 1 aliphatic heterocycles. The third kappa shape index (κ3) is 4.41. The molecule has 34 heavy (non-hydrogen) atoms. The summed E-state index contributed by atoms with van der Waals surface area (Å²) in [4.78, 5) is 18.1. The van der Waals surface area contributed by atoms with Crippen LogP contribution in [0.25, 0.3) is 11.0 Å². The topological polar surface area (TPSA) is 97.2 Å². The first kappa shape index (κ1) is 24.2. The Morgan fingerprint density at radius 2 is 1.91 bits per heavy atom. The highest BCUT2D eigenvalue weighted by molar-refractivity contribution is 7.92. The second-order valence-electron chi connectivity index (χ2n) is 10.1. The Kier molecular flexibility index (Phi) is 6.18. The van der Waals surface area contributed by atoms with Gasteiger partial charge in [0.25, 0.3) is 5.91 Å². The third-order valence-corrected chi connectivity index (χ3v) is 7.90. The molecule has 3 heterocycles. The van der Waals surface area contributed by atoms with Crippen LogP contribution in [-0.2, 0) is 22.0 Å². The first-order chi connectivity index (χ1) is 15.9. The summed E-state index contributed by atoms with van der Waals surface area (Å²) >= 11 is 0. The zero-order valence-electron chi connectivity index (χ0n) is 20.7. The summed E-state index contributed by atoms with van der Waals surface area (Å²) in [6, 6.07) is 9.34. The van der Waals surface area contributed by atoms with E-state index in [4.69, 9.17) is 4.98 Å². The maximum absolute atomic E-state index is 13.3. The normalized spacial score (nSPS) is 14.1. The predicted octanol–water partition coefficient (Wildman–Crippen LogP) is 3.74. The summed E-state index contributed by atoms with van der Waals surface area (Å²) < 4.78 is 29.3. The van der Waals surface area contributed by atoms with E-state index in [1.54, 1.807) is 6.07 Å². The van der Waals surface area contributed by atoms with Crippen LogP contribution in [0.15, 0.2) is 30.3 Å². The number of nitrogens with one attached hydrogen (secondary N) is 1. The number of fused-ring (bicyclic) bond motifs is 2. The standard InChI is InChI=1S/C25H33N5O3S/c1-16(2)20-15-19(22-17(3)28-30(23(22)27-20)25(4,5)6)24(31)26-12-14-34(32,33)29-13-11-18-9-7-8-10-21(18)29/h7-10,15-16H,11-14H2,1-6H3,(H,26,31). The molecule has 1 amide bonds. The van der Waals surface area contributed by atoms with E-state index in [1.165, 1.54) is 4.31 Å². The molecule has 1 N–H and O–H groups in total. The van der Waals surface area contributed by atoms with Gasteiger partial charge >= 0.3 is 0 Å². The lowest BCUT2D eigenvalue weighted by Crippen LogP contribution is -2.37. The average molecular weight is 484 g/mol. The number of aromatic nitrogens is 3. The van der Waals surface area contributed by atoms with E-state index in [0.717, 1.165) is 22.6 Å². The van der Waals surface area contributed by atoms with Crippen LogP contribution in [0.3, 0.4) is 0 Å². The monoisotopic (exact) mass is 483 g/mol. The largest absolute Gasteiger partial charge is 0.351 e. The van der Waals surface area contributed by atoms with Crippen LogP contribution in [0.5, 0.6) is 0 Å². The van der Waals surface area contributed by atoms with Gasteiger partial charge in [-0.1, -0.05) is 32.0 Å². The number of aryl methyl sites for hydroxylation is 1. The van der Waals surface area contributed by atoms with Crippen molar-refractivity contribution in [2.24, 2.45) is 0 Å². The number of amides is 1. The van der Waals surface area contributed by atoms with Crippen LogP contribution in [0.1, 0.15) is 67.8 Å². The molecule has 0 fully saturated rings. The Labute approximate surface area is 201 Å². The van der Waals surface area contributed by atoms with E-state index in [-0.39, 0.29) is 29.7 Å². The number of carbonyl (C=O) groups is 1. The molecule has 0 spiro atoms. The fourth-order valence-electron chi connectivity index (χ4n) is 4.35. The first-order valence-corrected chi connectivity index (χ1v) is 13.3. The Balaban J connectivity index is 1.58. The number of nitrogens with zero attached hydrogens (tertiary/aromatic N) is 4. The van der Waals surface area contributed by atoms with Crippen LogP contribution in [0.4, 0.5) is 5.69 Å². The van der Waals surface area contributed by atoms with Crippen LogP contribution >= 0.6 is 0 Å². The van der Waals surface area contributed by atoms with E-state index in [0.29, 0.717) is 29.6 Å². The molecule has 2 aromatic heterocycles. The fraction of sp³-hybridized carbons (Fsp3) is 0.480. The van der Waals surface area contributed by atoms with Gasteiger partial charge in [0.15, 0.2) is 5.65 Å². The molecular formula is C25H33N5O3S. The van der Waals surface area contributed by atoms with Gasteiger partial charge in [0.2, 0.25) is 10.0 Å². The van der Waals surface area contributed by atoms with Gasteiger partial charge in [0.1, 0.15) is 0 Å². The molecule has 1 aromatic carbocycles. The molecule has 0 bridgehead atoms. The lowest BCUT2D eigenvalue weighted by atomic mass is 10.0. The molecule has 1 aliphatic rings. The minimum absolute atomic E-state index is 0.0209. The van der Waals surface area contributed by atoms with Crippen molar-refractivity contribution in [2.75, 3.05) is 23.1 Å². The van der Waals surface area contributed by atoms with Crippen LogP contribution in [0.2, 0.25) is 0 Å². The van der Waals surface area contributed by atoms with Crippen molar-refractivity contribution in [3.05, 3.63) is 52.8 Å². The summed E-state index contributed by atoms with van der Waals surface area (Å²) in [7, 11) is -3.55. The van der Waals surface area contributed by atoms with E-state index in [9.17, 15) is 13.2 Å². The average Bonchev–Trinajstić information content (AvgIpc) is 3.34. The zero-order valence-corrected chi connectivity index (χ0v) is 21.5. The van der Waals surface area contributed by atoms with Crippen molar-refractivity contribution in [1.82, 2.24) is 20.1 Å². The quantitative estimate of drug-likeness (QED) is 0.576. The van der Waals surface area contributed by atoms with Crippen molar-refractivity contribution >= 4 is 32.7 Å². The van der Waals surface area contributed by atoms with Crippen molar-refractivity contribution < 1.29 is 13.2 Å². The highest BCUT2D eigenvalue weighted by Crippen LogP contribution is 2.30. The molecule has 4 rings (SSSR count). The van der Waals surface area contributed by atoms with E-state index < -0.39 is 10.0 Å². The number of benzene rings is 1. The molecule has 0 radical (unpaired) electrons. The van der Waals surface area contributed by atoms with Crippen molar-refractivity contribution in [3.8, 4) is 0 Å². The maximum atomic E-state index is 13.3. The lowest BCUT2D eigenvalue weighted by Gasteiger charge is -2.21. The third-order valence-electron chi connectivity index (χ3n) is 6.13. The van der Waals surface area contributed by atoms with Gasteiger partial charge in [-0.05, 0) is 57.7 Å². The summed E-state index contributed by atoms with van der Waals surface area (Å²) in [6.07, 6.45) is 0.700. The lowest BCUT2D eigenvalue weighted by molar-refractivity contribution is 0.0957. The predicted molar refractivity (Wildman–Crippen MR) is 135 cm³/mol. The van der Waals surface area contributed by atoms with Gasteiger partial charge in [0, 0.05) is 18.8 Å². The first-order valence-electron chi connectivity index (χ1n) is 11.7. The minimum atomic E-state index is -3.55. The van der Waals surface area contributed by atoms with Gasteiger partial charge in [-0.2, -0.15) is 5.10 Å². The van der Waals surface area contributed by atoms with E-state index in [2.05, 4.69) is 10.4 Å². The molecule has 182 valence electrons. The molecule has 8 nitrogen and oxygen atoms in total. The molecule has 0 saturated carbocycles. The molecule has 0 atom stereocenters. The van der Waals surface area contributed by atoms with Crippen LogP contribution in [-0.4, -0.2) is 47.9 Å². The van der Waals surface area contributed by atoms with Crippen LogP contribution < -0.4 is 9.62 Å². The number of sulfonamides is 1. The smallest absolute Gasteiger partial charge is 0.252 e. The number of hydrogen-bond acceptors (Lipinski definition) is 5. The second-order valence-corrected chi connectivity index (χ2v) is 12.2. The molecule has 9 heteroatoms. The van der Waals surface area contributed by atoms with Crippen LogP contribution in [0, 0.1) is 6.92 Å². The van der Waals surface area contributed by atoms with Crippen molar-refractivity contribution in [3.63, 3.8) is 0 Å². The number of para-hydroxylation sites is 1. The van der Waals surface area contributed by atoms with Crippen molar-refractivity contribution in [1.29, 1.82) is 0 Å². The van der Waals surface area contributed by atoms with Crippen molar-refractivity contribution in [2.45, 2.75) is 59.4 Å². The molecule has 3 aromatic rings. The number of pyridine rings is 1. The SMILES string of the molecule is Cc1nn(C(C)(C)C)c2nc(C(C)C)cc(C(=O)NCCS(=O)(=O)N3CCc4ccccc43)c12. The number of hydrogen-bond donors (Lipinski definition) is 1. The van der Waals surface area contributed by atoms with E-state index >= 15 is 0 Å². The van der Waals surface area contributed by atoms with Gasteiger partial charge in [0.05, 0.1) is 33.6 Å². The van der Waals surface area contributed by atoms with Gasteiger partial charge in [-0.25, -0.2) is 18.1 Å².